The summed E-state index contributed by atoms with van der Waals surface area (Å²) in [4.78, 5) is 26.9. The van der Waals surface area contributed by atoms with Crippen molar-refractivity contribution in [2.75, 3.05) is 7.11 Å². The molecule has 1 unspecified atom stereocenters. The van der Waals surface area contributed by atoms with E-state index in [4.69, 9.17) is 9.59 Å². The van der Waals surface area contributed by atoms with Crippen LogP contribution in [-0.4, -0.2) is 19.2 Å². The van der Waals surface area contributed by atoms with Crippen LogP contribution >= 0.6 is 0 Å². The SMILES string of the molecule is CCC(C)CCC(=O)OC.O=C=O. The minimum Gasteiger partial charge on any atom is -0.469 e. The highest BCUT2D eigenvalue weighted by Crippen LogP contribution is 2.09. The Balaban J connectivity index is 0. The third-order valence-corrected chi connectivity index (χ3v) is 1.77. The molecule has 0 spiro atoms. The number of rotatable bonds is 4. The van der Waals surface area contributed by atoms with E-state index in [0.29, 0.717) is 12.3 Å². The first-order valence-electron chi connectivity index (χ1n) is 4.18. The molecule has 0 aliphatic carbocycles. The predicted molar refractivity (Wildman–Crippen MR) is 45.7 cm³/mol. The lowest BCUT2D eigenvalue weighted by atomic mass is 10.0. The zero-order valence-corrected chi connectivity index (χ0v) is 8.33. The molecule has 0 rings (SSSR count). The van der Waals surface area contributed by atoms with Crippen LogP contribution in [0, 0.1) is 5.92 Å². The summed E-state index contributed by atoms with van der Waals surface area (Å²) in [5, 5.41) is 0. The van der Waals surface area contributed by atoms with E-state index in [0.717, 1.165) is 12.8 Å². The Morgan fingerprint density at radius 3 is 2.23 bits per heavy atom. The fraction of sp³-hybridized carbons (Fsp3) is 0.778. The quantitative estimate of drug-likeness (QED) is 0.626. The average molecular weight is 188 g/mol. The van der Waals surface area contributed by atoms with E-state index in [1.165, 1.54) is 7.11 Å². The third-order valence-electron chi connectivity index (χ3n) is 1.77. The highest BCUT2D eigenvalue weighted by molar-refractivity contribution is 5.69. The van der Waals surface area contributed by atoms with Crippen molar-refractivity contribution in [3.8, 4) is 0 Å². The van der Waals surface area contributed by atoms with Crippen LogP contribution in [0.25, 0.3) is 0 Å². The highest BCUT2D eigenvalue weighted by Gasteiger charge is 2.03. The summed E-state index contributed by atoms with van der Waals surface area (Å²) in [6.45, 7) is 4.27. The molecule has 0 heterocycles. The van der Waals surface area contributed by atoms with Crippen molar-refractivity contribution in [3.05, 3.63) is 0 Å². The molecule has 0 amide bonds. The van der Waals surface area contributed by atoms with Crippen LogP contribution in [0.3, 0.4) is 0 Å². The number of hydrogen-bond donors (Lipinski definition) is 0. The molecule has 76 valence electrons. The predicted octanol–water partition coefficient (Wildman–Crippen LogP) is 1.40. The Morgan fingerprint density at radius 1 is 1.46 bits per heavy atom. The summed E-state index contributed by atoms with van der Waals surface area (Å²) >= 11 is 0. The number of carbonyl (C=O) groups is 1. The van der Waals surface area contributed by atoms with Crippen molar-refractivity contribution >= 4 is 12.1 Å². The van der Waals surface area contributed by atoms with Gasteiger partial charge in [0, 0.05) is 6.42 Å². The van der Waals surface area contributed by atoms with Crippen LogP contribution in [0.4, 0.5) is 0 Å². The lowest BCUT2D eigenvalue weighted by Crippen LogP contribution is -2.02. The topological polar surface area (TPSA) is 60.4 Å². The lowest BCUT2D eigenvalue weighted by molar-refractivity contribution is -0.191. The number of carbonyl (C=O) groups excluding carboxylic acids is 3. The van der Waals surface area contributed by atoms with Gasteiger partial charge in [0.25, 0.3) is 0 Å². The standard InChI is InChI=1S/C8H16O2.CO2/c1-4-7(2)5-6-8(9)10-3;2-1-3/h7H,4-6H2,1-3H3;. The summed E-state index contributed by atoms with van der Waals surface area (Å²) in [7, 11) is 1.43. The first-order valence-corrected chi connectivity index (χ1v) is 4.18. The maximum atomic E-state index is 10.6. The maximum absolute atomic E-state index is 10.6. The molecule has 4 nitrogen and oxygen atoms in total. The molecular weight excluding hydrogens is 172 g/mol. The van der Waals surface area contributed by atoms with Crippen molar-refractivity contribution in [2.45, 2.75) is 33.1 Å². The Morgan fingerprint density at radius 2 is 1.92 bits per heavy atom. The fourth-order valence-corrected chi connectivity index (χ4v) is 0.670. The Bertz CT molecular complexity index is 159. The number of methoxy groups -OCH3 is 1. The van der Waals surface area contributed by atoms with Gasteiger partial charge in [-0.05, 0) is 12.3 Å². The summed E-state index contributed by atoms with van der Waals surface area (Å²) in [6, 6.07) is 0. The Labute approximate surface area is 78.3 Å². The molecule has 1 atom stereocenters. The lowest BCUT2D eigenvalue weighted by Gasteiger charge is -2.05. The van der Waals surface area contributed by atoms with E-state index < -0.39 is 0 Å². The van der Waals surface area contributed by atoms with Gasteiger partial charge in [-0.2, -0.15) is 9.59 Å². The average Bonchev–Trinajstić information content (AvgIpc) is 2.14. The summed E-state index contributed by atoms with van der Waals surface area (Å²) in [5.41, 5.74) is 0. The van der Waals surface area contributed by atoms with E-state index in [9.17, 15) is 4.79 Å². The molecule has 0 fully saturated rings. The van der Waals surface area contributed by atoms with Crippen LogP contribution in [0.2, 0.25) is 0 Å². The van der Waals surface area contributed by atoms with Crippen LogP contribution < -0.4 is 0 Å². The monoisotopic (exact) mass is 188 g/mol. The van der Waals surface area contributed by atoms with Crippen molar-refractivity contribution < 1.29 is 19.1 Å². The number of ether oxygens (including phenoxy) is 1. The van der Waals surface area contributed by atoms with E-state index >= 15 is 0 Å². The molecule has 0 saturated heterocycles. The number of hydrogen-bond acceptors (Lipinski definition) is 4. The molecule has 0 aliphatic heterocycles. The van der Waals surface area contributed by atoms with E-state index in [-0.39, 0.29) is 12.1 Å². The maximum Gasteiger partial charge on any atom is 0.373 e. The molecule has 4 heteroatoms. The van der Waals surface area contributed by atoms with Gasteiger partial charge in [-0.3, -0.25) is 4.79 Å². The van der Waals surface area contributed by atoms with Crippen LogP contribution in [0.1, 0.15) is 33.1 Å². The van der Waals surface area contributed by atoms with Gasteiger partial charge in [-0.15, -0.1) is 0 Å². The van der Waals surface area contributed by atoms with Gasteiger partial charge < -0.3 is 4.74 Å². The molecule has 0 saturated carbocycles. The van der Waals surface area contributed by atoms with Gasteiger partial charge in [0.1, 0.15) is 0 Å². The molecule has 0 aromatic heterocycles. The first kappa shape index (κ1) is 14.4. The normalized spacial score (nSPS) is 10.4. The number of esters is 1. The minimum atomic E-state index is -0.0969. The van der Waals surface area contributed by atoms with Gasteiger partial charge in [-0.25, -0.2) is 0 Å². The summed E-state index contributed by atoms with van der Waals surface area (Å²) in [5.74, 6) is 0.541. The van der Waals surface area contributed by atoms with E-state index in [1.54, 1.807) is 0 Å². The molecule has 0 aliphatic rings. The molecule has 0 aromatic rings. The molecule has 13 heavy (non-hydrogen) atoms. The Kier molecular flexibility index (Phi) is 12.0. The third kappa shape index (κ3) is 13.8. The van der Waals surface area contributed by atoms with E-state index in [1.807, 2.05) is 0 Å². The van der Waals surface area contributed by atoms with Crippen molar-refractivity contribution in [1.82, 2.24) is 0 Å². The van der Waals surface area contributed by atoms with Crippen molar-refractivity contribution in [3.63, 3.8) is 0 Å². The van der Waals surface area contributed by atoms with E-state index in [2.05, 4.69) is 18.6 Å². The second kappa shape index (κ2) is 10.8. The van der Waals surface area contributed by atoms with Crippen molar-refractivity contribution in [1.29, 1.82) is 0 Å². The molecule has 0 radical (unpaired) electrons. The van der Waals surface area contributed by atoms with Gasteiger partial charge >= 0.3 is 12.1 Å². The van der Waals surface area contributed by atoms with Crippen LogP contribution in [0.5, 0.6) is 0 Å². The minimum absolute atomic E-state index is 0.0969. The second-order valence-corrected chi connectivity index (χ2v) is 2.71. The largest absolute Gasteiger partial charge is 0.469 e. The summed E-state index contributed by atoms with van der Waals surface area (Å²) in [6.07, 6.45) is 2.89. The van der Waals surface area contributed by atoms with Gasteiger partial charge in [-0.1, -0.05) is 20.3 Å². The smallest absolute Gasteiger partial charge is 0.373 e. The van der Waals surface area contributed by atoms with Gasteiger partial charge in [0.05, 0.1) is 7.11 Å². The summed E-state index contributed by atoms with van der Waals surface area (Å²) < 4.78 is 4.51. The molecule has 0 bridgehead atoms. The fourth-order valence-electron chi connectivity index (χ4n) is 0.670. The Hall–Kier alpha value is -1.15. The molecule has 0 aromatic carbocycles. The van der Waals surface area contributed by atoms with Gasteiger partial charge in [0.15, 0.2) is 0 Å². The van der Waals surface area contributed by atoms with Crippen LogP contribution in [0.15, 0.2) is 0 Å². The second-order valence-electron chi connectivity index (χ2n) is 2.71. The first-order chi connectivity index (χ1) is 6.12. The zero-order chi connectivity index (χ0) is 10.7. The van der Waals surface area contributed by atoms with Crippen molar-refractivity contribution in [2.24, 2.45) is 5.92 Å². The highest BCUT2D eigenvalue weighted by atomic mass is 16.5. The zero-order valence-electron chi connectivity index (χ0n) is 8.33. The molecule has 0 N–H and O–H groups in total. The van der Waals surface area contributed by atoms with Crippen LogP contribution in [-0.2, 0) is 19.1 Å². The van der Waals surface area contributed by atoms with Gasteiger partial charge in [0.2, 0.25) is 0 Å². The molecular formula is C9H16O4.